The Morgan fingerprint density at radius 3 is 2.91 bits per heavy atom. The number of carbonyl (C=O) groups excluding carboxylic acids is 1. The number of aromatic nitrogens is 4. The van der Waals surface area contributed by atoms with Gasteiger partial charge in [-0.2, -0.15) is 10.2 Å². The van der Waals surface area contributed by atoms with Crippen LogP contribution in [0.3, 0.4) is 0 Å². The van der Waals surface area contributed by atoms with Crippen molar-refractivity contribution in [2.45, 2.75) is 6.54 Å². The molecule has 1 aromatic carbocycles. The Kier molecular flexibility index (Phi) is 4.18. The summed E-state index contributed by atoms with van der Waals surface area (Å²) < 4.78 is 15.9. The number of halogens is 2. The number of hydrogen-bond acceptors (Lipinski definition) is 3. The van der Waals surface area contributed by atoms with E-state index in [1.54, 1.807) is 35.3 Å². The van der Waals surface area contributed by atoms with E-state index >= 15 is 0 Å². The fourth-order valence-corrected chi connectivity index (χ4v) is 2.44. The first kappa shape index (κ1) is 14.7. The van der Waals surface area contributed by atoms with Crippen LogP contribution in [-0.4, -0.2) is 25.9 Å². The van der Waals surface area contributed by atoms with Gasteiger partial charge in [0.1, 0.15) is 11.5 Å². The smallest absolute Gasteiger partial charge is 0.274 e. The van der Waals surface area contributed by atoms with Gasteiger partial charge in [-0.1, -0.05) is 18.2 Å². The van der Waals surface area contributed by atoms with Gasteiger partial charge in [-0.3, -0.25) is 14.6 Å². The quantitative estimate of drug-likeness (QED) is 0.649. The third-order valence-electron chi connectivity index (χ3n) is 3.00. The molecule has 0 saturated heterocycles. The van der Waals surface area contributed by atoms with E-state index < -0.39 is 0 Å². The summed E-state index contributed by atoms with van der Waals surface area (Å²) in [6.45, 7) is 0.296. The van der Waals surface area contributed by atoms with Crippen LogP contribution in [0.15, 0.2) is 42.9 Å². The molecule has 0 atom stereocenters. The van der Waals surface area contributed by atoms with Crippen LogP contribution in [0.5, 0.6) is 0 Å². The SMILES string of the molecule is O=C(Nc1cnn(Cc2ccccc2F)c1)c1[nH]ncc1I. The Morgan fingerprint density at radius 2 is 2.18 bits per heavy atom. The van der Waals surface area contributed by atoms with Gasteiger partial charge in [-0.15, -0.1) is 0 Å². The van der Waals surface area contributed by atoms with Gasteiger partial charge in [0, 0.05) is 11.8 Å². The van der Waals surface area contributed by atoms with Crippen LogP contribution >= 0.6 is 22.6 Å². The summed E-state index contributed by atoms with van der Waals surface area (Å²) in [5, 5.41) is 13.3. The first-order valence-corrected chi connectivity index (χ1v) is 7.47. The minimum atomic E-state index is -0.299. The van der Waals surface area contributed by atoms with Gasteiger partial charge in [0.25, 0.3) is 5.91 Å². The van der Waals surface area contributed by atoms with E-state index in [1.165, 1.54) is 12.3 Å². The standard InChI is InChI=1S/C14H11FIN5O/c15-11-4-2-1-3-9(11)7-21-8-10(5-18-21)19-14(22)13-12(16)6-17-20-13/h1-6,8H,7H2,(H,17,20)(H,19,22). The average molecular weight is 411 g/mol. The molecular formula is C14H11FIN5O. The van der Waals surface area contributed by atoms with Crippen LogP contribution in [0.4, 0.5) is 10.1 Å². The number of amides is 1. The van der Waals surface area contributed by atoms with Crippen molar-refractivity contribution >= 4 is 34.2 Å². The summed E-state index contributed by atoms with van der Waals surface area (Å²) in [4.78, 5) is 12.0. The molecule has 3 rings (SSSR count). The molecule has 0 aliphatic rings. The van der Waals surface area contributed by atoms with Gasteiger partial charge in [-0.25, -0.2) is 4.39 Å². The number of rotatable bonds is 4. The Labute approximate surface area is 138 Å². The molecule has 0 bridgehead atoms. The van der Waals surface area contributed by atoms with Crippen molar-refractivity contribution in [2.75, 3.05) is 5.32 Å². The minimum absolute atomic E-state index is 0.282. The van der Waals surface area contributed by atoms with Crippen LogP contribution in [0, 0.1) is 9.39 Å². The van der Waals surface area contributed by atoms with Crippen molar-refractivity contribution in [1.29, 1.82) is 0 Å². The third-order valence-corrected chi connectivity index (χ3v) is 3.82. The van der Waals surface area contributed by atoms with E-state index in [4.69, 9.17) is 0 Å². The second kappa shape index (κ2) is 6.26. The van der Waals surface area contributed by atoms with Crippen LogP contribution in [0.25, 0.3) is 0 Å². The van der Waals surface area contributed by atoms with E-state index in [-0.39, 0.29) is 11.7 Å². The lowest BCUT2D eigenvalue weighted by atomic mass is 10.2. The molecule has 0 aliphatic carbocycles. The van der Waals surface area contributed by atoms with Crippen molar-refractivity contribution in [2.24, 2.45) is 0 Å². The van der Waals surface area contributed by atoms with Crippen molar-refractivity contribution in [3.05, 3.63) is 63.5 Å². The normalized spacial score (nSPS) is 10.6. The lowest BCUT2D eigenvalue weighted by molar-refractivity contribution is 0.102. The summed E-state index contributed by atoms with van der Waals surface area (Å²) >= 11 is 2.02. The minimum Gasteiger partial charge on any atom is -0.318 e. The maximum atomic E-state index is 13.6. The predicted octanol–water partition coefficient (Wildman–Crippen LogP) is 2.65. The summed E-state index contributed by atoms with van der Waals surface area (Å²) in [6, 6.07) is 6.51. The van der Waals surface area contributed by atoms with Gasteiger partial charge in [0.2, 0.25) is 0 Å². The molecule has 0 radical (unpaired) electrons. The Morgan fingerprint density at radius 1 is 1.36 bits per heavy atom. The van der Waals surface area contributed by atoms with Gasteiger partial charge >= 0.3 is 0 Å². The summed E-state index contributed by atoms with van der Waals surface area (Å²) in [5.41, 5.74) is 1.46. The zero-order chi connectivity index (χ0) is 15.5. The van der Waals surface area contributed by atoms with Gasteiger partial charge in [0.15, 0.2) is 0 Å². The highest BCUT2D eigenvalue weighted by molar-refractivity contribution is 14.1. The molecule has 1 amide bonds. The second-order valence-electron chi connectivity index (χ2n) is 4.57. The molecule has 2 aromatic heterocycles. The summed E-state index contributed by atoms with van der Waals surface area (Å²) in [5.74, 6) is -0.581. The average Bonchev–Trinajstić information content (AvgIpc) is 3.10. The third kappa shape index (κ3) is 3.16. The van der Waals surface area contributed by atoms with Crippen LogP contribution in [0.1, 0.15) is 16.1 Å². The maximum absolute atomic E-state index is 13.6. The van der Waals surface area contributed by atoms with Crippen LogP contribution in [-0.2, 0) is 6.54 Å². The van der Waals surface area contributed by atoms with Crippen molar-refractivity contribution < 1.29 is 9.18 Å². The van der Waals surface area contributed by atoms with Gasteiger partial charge < -0.3 is 5.32 Å². The summed E-state index contributed by atoms with van der Waals surface area (Å²) in [7, 11) is 0. The number of benzene rings is 1. The van der Waals surface area contributed by atoms with Crippen molar-refractivity contribution in [3.63, 3.8) is 0 Å². The van der Waals surface area contributed by atoms with Crippen LogP contribution < -0.4 is 5.32 Å². The van der Waals surface area contributed by atoms with E-state index in [9.17, 15) is 9.18 Å². The molecule has 22 heavy (non-hydrogen) atoms. The highest BCUT2D eigenvalue weighted by atomic mass is 127. The highest BCUT2D eigenvalue weighted by Crippen LogP contribution is 2.13. The first-order valence-electron chi connectivity index (χ1n) is 6.39. The number of H-pyrrole nitrogens is 1. The molecule has 0 unspecified atom stereocenters. The molecule has 0 spiro atoms. The second-order valence-corrected chi connectivity index (χ2v) is 5.73. The molecule has 0 fully saturated rings. The maximum Gasteiger partial charge on any atom is 0.274 e. The molecule has 8 heteroatoms. The zero-order valence-corrected chi connectivity index (χ0v) is 13.4. The lowest BCUT2D eigenvalue weighted by Gasteiger charge is -2.03. The van der Waals surface area contributed by atoms with Gasteiger partial charge in [-0.05, 0) is 28.7 Å². The molecule has 2 heterocycles. The topological polar surface area (TPSA) is 75.6 Å². The van der Waals surface area contributed by atoms with E-state index in [1.807, 2.05) is 22.6 Å². The van der Waals surface area contributed by atoms with E-state index in [2.05, 4.69) is 20.6 Å². The van der Waals surface area contributed by atoms with Gasteiger partial charge in [0.05, 0.1) is 28.2 Å². The van der Waals surface area contributed by atoms with Crippen molar-refractivity contribution in [1.82, 2.24) is 20.0 Å². The van der Waals surface area contributed by atoms with Crippen LogP contribution in [0.2, 0.25) is 0 Å². The predicted molar refractivity (Wildman–Crippen MR) is 87.0 cm³/mol. The molecular weight excluding hydrogens is 400 g/mol. The number of nitrogens with zero attached hydrogens (tertiary/aromatic N) is 3. The monoisotopic (exact) mass is 411 g/mol. The number of carbonyl (C=O) groups is 1. The van der Waals surface area contributed by atoms with E-state index in [0.29, 0.717) is 23.5 Å². The highest BCUT2D eigenvalue weighted by Gasteiger charge is 2.13. The number of anilines is 1. The Bertz CT molecular complexity index is 813. The Hall–Kier alpha value is -2.23. The molecule has 6 nitrogen and oxygen atoms in total. The molecule has 0 saturated carbocycles. The number of aromatic amines is 1. The number of nitrogens with one attached hydrogen (secondary N) is 2. The van der Waals surface area contributed by atoms with E-state index in [0.717, 1.165) is 3.57 Å². The zero-order valence-electron chi connectivity index (χ0n) is 11.3. The largest absolute Gasteiger partial charge is 0.318 e. The Balaban J connectivity index is 1.70. The fraction of sp³-hybridized carbons (Fsp3) is 0.0714. The summed E-state index contributed by atoms with van der Waals surface area (Å²) in [6.07, 6.45) is 4.73. The first-order chi connectivity index (χ1) is 10.6. The molecule has 2 N–H and O–H groups in total. The fourth-order valence-electron chi connectivity index (χ4n) is 1.94. The molecule has 112 valence electrons. The van der Waals surface area contributed by atoms with Crippen molar-refractivity contribution in [3.8, 4) is 0 Å². The molecule has 0 aliphatic heterocycles. The lowest BCUT2D eigenvalue weighted by Crippen LogP contribution is -2.13. The molecule has 3 aromatic rings. The number of hydrogen-bond donors (Lipinski definition) is 2.